The van der Waals surface area contributed by atoms with Crippen molar-refractivity contribution in [3.63, 3.8) is 0 Å². The molecule has 2 aromatic carbocycles. The van der Waals surface area contributed by atoms with Crippen molar-refractivity contribution >= 4 is 34.6 Å². The number of halogens is 5. The summed E-state index contributed by atoms with van der Waals surface area (Å²) in [5.74, 6) is 0. The molecule has 1 N–H and O–H groups in total. The van der Waals surface area contributed by atoms with E-state index in [1.807, 2.05) is 6.07 Å². The average molecular weight is 331 g/mol. The van der Waals surface area contributed by atoms with Crippen LogP contribution in [0.5, 0.6) is 0 Å². The molecule has 0 atom stereocenters. The van der Waals surface area contributed by atoms with Crippen molar-refractivity contribution in [1.29, 1.82) is 5.26 Å². The lowest BCUT2D eigenvalue weighted by Gasteiger charge is -2.12. The van der Waals surface area contributed by atoms with Gasteiger partial charge in [0.25, 0.3) is 0 Å². The molecule has 2 rings (SSSR count). The fraction of sp³-hybridized carbons (Fsp3) is 0.0714. The summed E-state index contributed by atoms with van der Waals surface area (Å²) in [5, 5.41) is 11.8. The van der Waals surface area contributed by atoms with Crippen molar-refractivity contribution in [3.05, 3.63) is 57.6 Å². The minimum Gasteiger partial charge on any atom is -0.354 e. The topological polar surface area (TPSA) is 35.8 Å². The summed E-state index contributed by atoms with van der Waals surface area (Å²) in [6.07, 6.45) is -4.44. The van der Waals surface area contributed by atoms with E-state index in [0.717, 1.165) is 12.1 Å². The van der Waals surface area contributed by atoms with E-state index < -0.39 is 11.7 Å². The van der Waals surface area contributed by atoms with Gasteiger partial charge < -0.3 is 5.32 Å². The standard InChI is InChI=1S/C14H7Cl2F3N2/c15-11-6-10(3-1-8(11)7-20)21-13-4-2-9(5-12(13)16)14(17,18)19/h1-6,21H. The van der Waals surface area contributed by atoms with Gasteiger partial charge in [-0.1, -0.05) is 23.2 Å². The lowest BCUT2D eigenvalue weighted by molar-refractivity contribution is -0.137. The summed E-state index contributed by atoms with van der Waals surface area (Å²) in [6, 6.07) is 9.50. The molecule has 0 fully saturated rings. The van der Waals surface area contributed by atoms with E-state index in [0.29, 0.717) is 16.9 Å². The predicted molar refractivity (Wildman–Crippen MR) is 75.9 cm³/mol. The molecule has 0 unspecified atom stereocenters. The van der Waals surface area contributed by atoms with Gasteiger partial charge in [0.2, 0.25) is 0 Å². The monoisotopic (exact) mass is 330 g/mol. The minimum atomic E-state index is -4.44. The van der Waals surface area contributed by atoms with Crippen LogP contribution in [0.4, 0.5) is 24.5 Å². The number of nitriles is 1. The third kappa shape index (κ3) is 3.60. The van der Waals surface area contributed by atoms with Crippen LogP contribution in [0.3, 0.4) is 0 Å². The molecule has 2 aromatic rings. The molecule has 0 aliphatic carbocycles. The number of hydrogen-bond donors (Lipinski definition) is 1. The van der Waals surface area contributed by atoms with Gasteiger partial charge >= 0.3 is 6.18 Å². The highest BCUT2D eigenvalue weighted by molar-refractivity contribution is 6.33. The molecule has 0 bridgehead atoms. The van der Waals surface area contributed by atoms with E-state index in [9.17, 15) is 13.2 Å². The number of nitrogens with one attached hydrogen (secondary N) is 1. The molecule has 2 nitrogen and oxygen atoms in total. The second kappa shape index (κ2) is 5.84. The summed E-state index contributed by atoms with van der Waals surface area (Å²) in [5.41, 5.74) is 0.308. The Labute approximate surface area is 128 Å². The fourth-order valence-corrected chi connectivity index (χ4v) is 2.08. The molecule has 7 heteroatoms. The van der Waals surface area contributed by atoms with Gasteiger partial charge in [0.15, 0.2) is 0 Å². The second-order valence-corrected chi connectivity index (χ2v) is 4.94. The third-order valence-corrected chi connectivity index (χ3v) is 3.29. The SMILES string of the molecule is N#Cc1ccc(Nc2ccc(C(F)(F)F)cc2Cl)cc1Cl. The molecule has 0 saturated carbocycles. The van der Waals surface area contributed by atoms with Crippen molar-refractivity contribution in [2.75, 3.05) is 5.32 Å². The Morgan fingerprint density at radius 3 is 2.24 bits per heavy atom. The van der Waals surface area contributed by atoms with Gasteiger partial charge in [0.1, 0.15) is 6.07 Å². The van der Waals surface area contributed by atoms with Crippen LogP contribution in [0.15, 0.2) is 36.4 Å². The number of nitrogens with zero attached hydrogens (tertiary/aromatic N) is 1. The van der Waals surface area contributed by atoms with E-state index in [4.69, 9.17) is 28.5 Å². The molecule has 0 aliphatic rings. The molecular formula is C14H7Cl2F3N2. The maximum absolute atomic E-state index is 12.5. The lowest BCUT2D eigenvalue weighted by Crippen LogP contribution is -2.05. The number of benzene rings is 2. The van der Waals surface area contributed by atoms with Crippen LogP contribution >= 0.6 is 23.2 Å². The minimum absolute atomic E-state index is 0.0645. The summed E-state index contributed by atoms with van der Waals surface area (Å²) in [4.78, 5) is 0. The first-order valence-corrected chi connectivity index (χ1v) is 6.40. The van der Waals surface area contributed by atoms with Crippen LogP contribution in [0.25, 0.3) is 0 Å². The Morgan fingerprint density at radius 1 is 1.00 bits per heavy atom. The molecule has 0 saturated heterocycles. The normalized spacial score (nSPS) is 11.0. The summed E-state index contributed by atoms with van der Waals surface area (Å²) < 4.78 is 37.6. The zero-order valence-corrected chi connectivity index (χ0v) is 11.8. The second-order valence-electron chi connectivity index (χ2n) is 4.12. The Bertz CT molecular complexity index is 721. The Morgan fingerprint density at radius 2 is 1.71 bits per heavy atom. The highest BCUT2D eigenvalue weighted by Gasteiger charge is 2.30. The summed E-state index contributed by atoms with van der Waals surface area (Å²) in [7, 11) is 0. The molecule has 0 spiro atoms. The van der Waals surface area contributed by atoms with Gasteiger partial charge in [-0.15, -0.1) is 0 Å². The van der Waals surface area contributed by atoms with Gasteiger partial charge in [-0.05, 0) is 36.4 Å². The molecule has 0 aliphatic heterocycles. The average Bonchev–Trinajstić information content (AvgIpc) is 2.40. The van der Waals surface area contributed by atoms with Crippen LogP contribution < -0.4 is 5.32 Å². The largest absolute Gasteiger partial charge is 0.416 e. The van der Waals surface area contributed by atoms with E-state index in [-0.39, 0.29) is 10.0 Å². The Hall–Kier alpha value is -1.90. The van der Waals surface area contributed by atoms with E-state index in [1.54, 1.807) is 6.07 Å². The van der Waals surface area contributed by atoms with Crippen LogP contribution in [0.2, 0.25) is 10.0 Å². The molecule has 0 aromatic heterocycles. The molecule has 0 amide bonds. The number of rotatable bonds is 2. The zero-order chi connectivity index (χ0) is 15.6. The van der Waals surface area contributed by atoms with Crippen molar-refractivity contribution in [1.82, 2.24) is 0 Å². The quantitative estimate of drug-likeness (QED) is 0.774. The van der Waals surface area contributed by atoms with Gasteiger partial charge in [-0.25, -0.2) is 0 Å². The van der Waals surface area contributed by atoms with Crippen LogP contribution in [0, 0.1) is 11.3 Å². The summed E-state index contributed by atoms with van der Waals surface area (Å²) in [6.45, 7) is 0. The first kappa shape index (κ1) is 15.5. The van der Waals surface area contributed by atoms with Gasteiger partial charge in [-0.2, -0.15) is 18.4 Å². The molecule has 0 heterocycles. The highest BCUT2D eigenvalue weighted by atomic mass is 35.5. The van der Waals surface area contributed by atoms with Crippen molar-refractivity contribution in [2.24, 2.45) is 0 Å². The van der Waals surface area contributed by atoms with Crippen LogP contribution in [-0.4, -0.2) is 0 Å². The smallest absolute Gasteiger partial charge is 0.354 e. The number of anilines is 2. The van der Waals surface area contributed by atoms with Crippen molar-refractivity contribution in [2.45, 2.75) is 6.18 Å². The van der Waals surface area contributed by atoms with E-state index in [2.05, 4.69) is 5.32 Å². The van der Waals surface area contributed by atoms with E-state index in [1.165, 1.54) is 18.2 Å². The van der Waals surface area contributed by atoms with Crippen molar-refractivity contribution in [3.8, 4) is 6.07 Å². The van der Waals surface area contributed by atoms with E-state index >= 15 is 0 Å². The first-order chi connectivity index (χ1) is 9.81. The maximum atomic E-state index is 12.5. The Kier molecular flexibility index (Phi) is 4.31. The van der Waals surface area contributed by atoms with Gasteiger partial charge in [0, 0.05) is 5.69 Å². The van der Waals surface area contributed by atoms with Gasteiger partial charge in [0.05, 0.1) is 26.9 Å². The molecule has 21 heavy (non-hydrogen) atoms. The Balaban J connectivity index is 2.28. The van der Waals surface area contributed by atoms with Gasteiger partial charge in [-0.3, -0.25) is 0 Å². The van der Waals surface area contributed by atoms with Crippen molar-refractivity contribution < 1.29 is 13.2 Å². The maximum Gasteiger partial charge on any atom is 0.416 e. The zero-order valence-electron chi connectivity index (χ0n) is 10.3. The number of hydrogen-bond acceptors (Lipinski definition) is 2. The number of alkyl halides is 3. The molecule has 0 radical (unpaired) electrons. The third-order valence-electron chi connectivity index (χ3n) is 2.66. The van der Waals surface area contributed by atoms with Crippen LogP contribution in [0.1, 0.15) is 11.1 Å². The molecule has 108 valence electrons. The summed E-state index contributed by atoms with van der Waals surface area (Å²) >= 11 is 11.7. The fourth-order valence-electron chi connectivity index (χ4n) is 1.63. The van der Waals surface area contributed by atoms with Crippen LogP contribution in [-0.2, 0) is 6.18 Å². The lowest BCUT2D eigenvalue weighted by atomic mass is 10.2. The first-order valence-electron chi connectivity index (χ1n) is 5.64. The predicted octanol–water partition coefficient (Wildman–Crippen LogP) is 5.63. The highest BCUT2D eigenvalue weighted by Crippen LogP contribution is 2.35. The molecular weight excluding hydrogens is 324 g/mol.